The molecule has 0 unspecified atom stereocenters. The standard InChI is InChI=1S/C11H6ClF2NO3/c12-5-1-2-6(10(13)14)7(3-5)8-4-9(11(16)17)18-15-8/h1-4,10H,(H,16,17). The van der Waals surface area contributed by atoms with Crippen LogP contribution in [0.15, 0.2) is 28.8 Å². The van der Waals surface area contributed by atoms with Gasteiger partial charge in [-0.2, -0.15) is 0 Å². The zero-order valence-corrected chi connectivity index (χ0v) is 9.49. The first-order valence-electron chi connectivity index (χ1n) is 4.77. The summed E-state index contributed by atoms with van der Waals surface area (Å²) in [5.74, 6) is -1.75. The molecule has 0 aliphatic rings. The lowest BCUT2D eigenvalue weighted by Gasteiger charge is -2.06. The maximum atomic E-state index is 12.8. The molecular formula is C11H6ClF2NO3. The second-order valence-electron chi connectivity index (χ2n) is 3.41. The molecule has 0 aliphatic carbocycles. The third kappa shape index (κ3) is 2.33. The molecule has 1 N–H and O–H groups in total. The monoisotopic (exact) mass is 273 g/mol. The Morgan fingerprint density at radius 3 is 2.67 bits per heavy atom. The minimum atomic E-state index is -2.72. The van der Waals surface area contributed by atoms with Gasteiger partial charge in [0.15, 0.2) is 0 Å². The maximum absolute atomic E-state index is 12.8. The molecule has 7 heteroatoms. The van der Waals surface area contributed by atoms with E-state index in [1.165, 1.54) is 12.1 Å². The van der Waals surface area contributed by atoms with Crippen LogP contribution in [-0.2, 0) is 0 Å². The number of aromatic nitrogens is 1. The van der Waals surface area contributed by atoms with Crippen LogP contribution in [0.4, 0.5) is 8.78 Å². The van der Waals surface area contributed by atoms with Crippen molar-refractivity contribution in [3.63, 3.8) is 0 Å². The summed E-state index contributed by atoms with van der Waals surface area (Å²) >= 11 is 5.72. The fraction of sp³-hybridized carbons (Fsp3) is 0.0909. The van der Waals surface area contributed by atoms with E-state index in [4.69, 9.17) is 16.7 Å². The Labute approximate surface area is 105 Å². The topological polar surface area (TPSA) is 63.3 Å². The summed E-state index contributed by atoms with van der Waals surface area (Å²) in [6, 6.07) is 4.84. The number of hydrogen-bond acceptors (Lipinski definition) is 3. The largest absolute Gasteiger partial charge is 0.475 e. The summed E-state index contributed by atoms with van der Waals surface area (Å²) in [5.41, 5.74) is -0.233. The van der Waals surface area contributed by atoms with Gasteiger partial charge in [0, 0.05) is 22.2 Å². The number of carbonyl (C=O) groups is 1. The van der Waals surface area contributed by atoms with Crippen LogP contribution < -0.4 is 0 Å². The predicted molar refractivity (Wildman–Crippen MR) is 58.9 cm³/mol. The molecule has 0 saturated heterocycles. The molecule has 0 saturated carbocycles. The van der Waals surface area contributed by atoms with Gasteiger partial charge in [0.1, 0.15) is 5.69 Å². The van der Waals surface area contributed by atoms with Gasteiger partial charge in [-0.05, 0) is 12.1 Å². The number of carboxylic acid groups (broad SMARTS) is 1. The van der Waals surface area contributed by atoms with Crippen LogP contribution >= 0.6 is 11.6 Å². The molecule has 0 amide bonds. The zero-order chi connectivity index (χ0) is 13.3. The van der Waals surface area contributed by atoms with E-state index in [-0.39, 0.29) is 21.8 Å². The Morgan fingerprint density at radius 2 is 2.11 bits per heavy atom. The Morgan fingerprint density at radius 1 is 1.39 bits per heavy atom. The van der Waals surface area contributed by atoms with Gasteiger partial charge in [-0.3, -0.25) is 0 Å². The smallest absolute Gasteiger partial charge is 0.374 e. The Kier molecular flexibility index (Phi) is 3.29. The Balaban J connectivity index is 2.54. The first-order valence-corrected chi connectivity index (χ1v) is 5.15. The van der Waals surface area contributed by atoms with Crippen molar-refractivity contribution in [1.82, 2.24) is 5.16 Å². The lowest BCUT2D eigenvalue weighted by Crippen LogP contribution is -1.92. The van der Waals surface area contributed by atoms with Gasteiger partial charge in [0.2, 0.25) is 5.76 Å². The van der Waals surface area contributed by atoms with Crippen molar-refractivity contribution in [2.24, 2.45) is 0 Å². The molecule has 18 heavy (non-hydrogen) atoms. The van der Waals surface area contributed by atoms with Gasteiger partial charge in [-0.15, -0.1) is 0 Å². The van der Waals surface area contributed by atoms with Crippen LogP contribution in [0.1, 0.15) is 22.5 Å². The van der Waals surface area contributed by atoms with E-state index < -0.39 is 18.2 Å². The van der Waals surface area contributed by atoms with Crippen molar-refractivity contribution in [1.29, 1.82) is 0 Å². The molecule has 0 bridgehead atoms. The maximum Gasteiger partial charge on any atom is 0.374 e. The van der Waals surface area contributed by atoms with E-state index >= 15 is 0 Å². The van der Waals surface area contributed by atoms with E-state index in [1.807, 2.05) is 0 Å². The summed E-state index contributed by atoms with van der Waals surface area (Å²) in [7, 11) is 0. The fourth-order valence-corrected chi connectivity index (χ4v) is 1.62. The van der Waals surface area contributed by atoms with E-state index in [2.05, 4.69) is 9.68 Å². The summed E-state index contributed by atoms with van der Waals surface area (Å²) in [6.45, 7) is 0. The summed E-state index contributed by atoms with van der Waals surface area (Å²) in [4.78, 5) is 10.6. The highest BCUT2D eigenvalue weighted by molar-refractivity contribution is 6.30. The van der Waals surface area contributed by atoms with Crippen molar-refractivity contribution in [2.75, 3.05) is 0 Å². The minimum Gasteiger partial charge on any atom is -0.475 e. The van der Waals surface area contributed by atoms with Crippen molar-refractivity contribution >= 4 is 17.6 Å². The van der Waals surface area contributed by atoms with E-state index in [9.17, 15) is 13.6 Å². The van der Waals surface area contributed by atoms with E-state index in [0.717, 1.165) is 12.1 Å². The third-order valence-electron chi connectivity index (χ3n) is 2.25. The first-order chi connectivity index (χ1) is 8.49. The average Bonchev–Trinajstić information content (AvgIpc) is 2.77. The van der Waals surface area contributed by atoms with Gasteiger partial charge >= 0.3 is 5.97 Å². The van der Waals surface area contributed by atoms with Crippen molar-refractivity contribution < 1.29 is 23.2 Å². The highest BCUT2D eigenvalue weighted by atomic mass is 35.5. The molecule has 1 heterocycles. The molecule has 2 aromatic rings. The number of carboxylic acids is 1. The molecule has 0 radical (unpaired) electrons. The molecule has 1 aromatic heterocycles. The normalized spacial score (nSPS) is 10.9. The summed E-state index contributed by atoms with van der Waals surface area (Å²) < 4.78 is 30.1. The zero-order valence-electron chi connectivity index (χ0n) is 8.73. The fourth-order valence-electron chi connectivity index (χ4n) is 1.44. The number of benzene rings is 1. The number of alkyl halides is 2. The second kappa shape index (κ2) is 4.73. The number of halogens is 3. The molecule has 1 aromatic carbocycles. The number of nitrogens with zero attached hydrogens (tertiary/aromatic N) is 1. The lowest BCUT2D eigenvalue weighted by molar-refractivity contribution is 0.0652. The van der Waals surface area contributed by atoms with Crippen molar-refractivity contribution in [2.45, 2.75) is 6.43 Å². The van der Waals surface area contributed by atoms with Gasteiger partial charge in [-0.25, -0.2) is 13.6 Å². The molecule has 0 atom stereocenters. The Bertz CT molecular complexity index is 598. The number of aromatic carboxylic acids is 1. The number of hydrogen-bond donors (Lipinski definition) is 1. The van der Waals surface area contributed by atoms with Crippen molar-refractivity contribution in [3.05, 3.63) is 40.6 Å². The van der Waals surface area contributed by atoms with Crippen LogP contribution in [0.2, 0.25) is 5.02 Å². The number of rotatable bonds is 3. The van der Waals surface area contributed by atoms with Gasteiger partial charge in [0.25, 0.3) is 6.43 Å². The molecular weight excluding hydrogens is 268 g/mol. The van der Waals surface area contributed by atoms with Crippen LogP contribution in [0, 0.1) is 0 Å². The molecule has 0 aliphatic heterocycles. The summed E-state index contributed by atoms with van der Waals surface area (Å²) in [5, 5.41) is 12.4. The highest BCUT2D eigenvalue weighted by Gasteiger charge is 2.19. The molecule has 94 valence electrons. The van der Waals surface area contributed by atoms with Crippen LogP contribution in [0.5, 0.6) is 0 Å². The molecule has 4 nitrogen and oxygen atoms in total. The van der Waals surface area contributed by atoms with Gasteiger partial charge < -0.3 is 9.63 Å². The SMILES string of the molecule is O=C(O)c1cc(-c2cc(Cl)ccc2C(F)F)no1. The highest BCUT2D eigenvalue weighted by Crippen LogP contribution is 2.32. The van der Waals surface area contributed by atoms with Crippen molar-refractivity contribution in [3.8, 4) is 11.3 Å². The van der Waals surface area contributed by atoms with Crippen LogP contribution in [0.3, 0.4) is 0 Å². The quantitative estimate of drug-likeness (QED) is 0.927. The lowest BCUT2D eigenvalue weighted by atomic mass is 10.0. The van der Waals surface area contributed by atoms with E-state index in [1.54, 1.807) is 0 Å². The van der Waals surface area contributed by atoms with Crippen LogP contribution in [0.25, 0.3) is 11.3 Å². The molecule has 0 fully saturated rings. The van der Waals surface area contributed by atoms with Gasteiger partial charge in [0.05, 0.1) is 0 Å². The predicted octanol–water partition coefficient (Wildman–Crippen LogP) is 3.63. The Hall–Kier alpha value is -1.95. The molecule has 2 rings (SSSR count). The molecule has 0 spiro atoms. The average molecular weight is 274 g/mol. The summed E-state index contributed by atoms with van der Waals surface area (Å²) in [6.07, 6.45) is -2.72. The van der Waals surface area contributed by atoms with E-state index in [0.29, 0.717) is 0 Å². The van der Waals surface area contributed by atoms with Crippen LogP contribution in [-0.4, -0.2) is 16.2 Å². The van der Waals surface area contributed by atoms with Gasteiger partial charge in [-0.1, -0.05) is 22.8 Å². The first kappa shape index (κ1) is 12.5. The third-order valence-corrected chi connectivity index (χ3v) is 2.48. The minimum absolute atomic E-state index is 0.00481. The second-order valence-corrected chi connectivity index (χ2v) is 3.85.